The number of aliphatic hydroxyl groups excluding tert-OH is 1. The maximum atomic E-state index is 12.1. The molecule has 2 atom stereocenters. The van der Waals surface area contributed by atoms with Crippen LogP contribution in [0.1, 0.15) is 219 Å². The molecular formula is C45H86NO8P. The number of esters is 1. The molecule has 2 unspecified atom stereocenters. The Morgan fingerprint density at radius 1 is 0.545 bits per heavy atom. The fourth-order valence-electron chi connectivity index (χ4n) is 6.37. The average Bonchev–Trinajstić information content (AvgIpc) is 3.17. The molecule has 0 aromatic rings. The van der Waals surface area contributed by atoms with Crippen LogP contribution in [0.4, 0.5) is 0 Å². The van der Waals surface area contributed by atoms with E-state index in [2.05, 4.69) is 43.5 Å². The van der Waals surface area contributed by atoms with Gasteiger partial charge in [0, 0.05) is 19.4 Å². The standard InChI is InChI=1S/C45H86NO8P/c1-3-5-7-9-11-13-15-17-19-21-22-23-25-27-29-31-33-35-37-44(48)46-39-40-53-55(50,51)54-42-43(47)41-52-45(49)38-36-34-32-30-28-26-24-20-18-16-14-12-10-8-6-4-2/h19-21,24,43,47H,3-18,22-23,25-42H2,1-2H3,(H,46,48)(H,50,51)/b21-19-,24-20-. The smallest absolute Gasteiger partial charge is 0.463 e. The van der Waals surface area contributed by atoms with Crippen LogP contribution in [0.25, 0.3) is 0 Å². The Balaban J connectivity index is 3.59. The molecule has 0 saturated heterocycles. The number of hydrogen-bond donors (Lipinski definition) is 3. The Bertz CT molecular complexity index is 959. The number of carbonyl (C=O) groups is 2. The lowest BCUT2D eigenvalue weighted by molar-refractivity contribution is -0.147. The first-order chi connectivity index (χ1) is 26.8. The first kappa shape index (κ1) is 53.5. The quantitative estimate of drug-likeness (QED) is 0.0240. The van der Waals surface area contributed by atoms with Crippen LogP contribution in [0, 0.1) is 0 Å². The third-order valence-electron chi connectivity index (χ3n) is 9.85. The first-order valence-electron chi connectivity index (χ1n) is 22.8. The summed E-state index contributed by atoms with van der Waals surface area (Å²) in [7, 11) is -4.42. The summed E-state index contributed by atoms with van der Waals surface area (Å²) in [5.74, 6) is -0.524. The Kier molecular flexibility index (Phi) is 40.9. The van der Waals surface area contributed by atoms with E-state index in [-0.39, 0.29) is 32.1 Å². The number of allylic oxidation sites excluding steroid dienone is 4. The van der Waals surface area contributed by atoms with Crippen molar-refractivity contribution in [2.24, 2.45) is 0 Å². The summed E-state index contributed by atoms with van der Waals surface area (Å²) >= 11 is 0. The molecule has 1 amide bonds. The number of carbonyl (C=O) groups excluding carboxylic acids is 2. The van der Waals surface area contributed by atoms with Crippen molar-refractivity contribution in [1.82, 2.24) is 5.32 Å². The molecule has 0 bridgehead atoms. The normalized spacial score (nSPS) is 13.5. The Morgan fingerprint density at radius 2 is 0.927 bits per heavy atom. The van der Waals surface area contributed by atoms with Crippen molar-refractivity contribution >= 4 is 19.7 Å². The Labute approximate surface area is 338 Å². The van der Waals surface area contributed by atoms with Crippen molar-refractivity contribution in [1.29, 1.82) is 0 Å². The summed E-state index contributed by atoms with van der Waals surface area (Å²) < 4.78 is 26.9. The minimum absolute atomic E-state index is 0.0802. The number of unbranched alkanes of at least 4 members (excludes halogenated alkanes) is 26. The van der Waals surface area contributed by atoms with Crippen molar-refractivity contribution in [3.63, 3.8) is 0 Å². The summed E-state index contributed by atoms with van der Waals surface area (Å²) in [6.45, 7) is 3.56. The third-order valence-corrected chi connectivity index (χ3v) is 10.8. The molecule has 55 heavy (non-hydrogen) atoms. The predicted octanol–water partition coefficient (Wildman–Crippen LogP) is 12.8. The van der Waals surface area contributed by atoms with Crippen LogP contribution < -0.4 is 5.32 Å². The zero-order valence-electron chi connectivity index (χ0n) is 35.6. The second kappa shape index (κ2) is 42.1. The van der Waals surface area contributed by atoms with E-state index >= 15 is 0 Å². The summed E-state index contributed by atoms with van der Waals surface area (Å²) in [4.78, 5) is 33.9. The minimum atomic E-state index is -4.42. The van der Waals surface area contributed by atoms with E-state index in [0.717, 1.165) is 57.8 Å². The van der Waals surface area contributed by atoms with E-state index in [1.807, 2.05) is 0 Å². The number of ether oxygens (including phenoxy) is 1. The molecule has 0 rings (SSSR count). The highest BCUT2D eigenvalue weighted by Gasteiger charge is 2.23. The molecule has 0 heterocycles. The molecule has 0 aliphatic rings. The number of hydrogen-bond acceptors (Lipinski definition) is 7. The molecule has 0 aromatic carbocycles. The number of rotatable bonds is 43. The molecule has 0 aromatic heterocycles. The number of phosphoric acid groups is 1. The van der Waals surface area contributed by atoms with E-state index in [4.69, 9.17) is 13.8 Å². The van der Waals surface area contributed by atoms with Gasteiger partial charge in [0.1, 0.15) is 12.7 Å². The molecule has 0 radical (unpaired) electrons. The molecule has 9 nitrogen and oxygen atoms in total. The number of aliphatic hydroxyl groups is 1. The number of phosphoric ester groups is 1. The van der Waals surface area contributed by atoms with Crippen LogP contribution >= 0.6 is 7.82 Å². The highest BCUT2D eigenvalue weighted by Crippen LogP contribution is 2.42. The number of nitrogens with one attached hydrogen (secondary N) is 1. The van der Waals surface area contributed by atoms with E-state index in [0.29, 0.717) is 6.42 Å². The van der Waals surface area contributed by atoms with Gasteiger partial charge >= 0.3 is 13.8 Å². The molecule has 0 fully saturated rings. The van der Waals surface area contributed by atoms with E-state index in [1.165, 1.54) is 135 Å². The van der Waals surface area contributed by atoms with Gasteiger partial charge in [0.15, 0.2) is 0 Å². The monoisotopic (exact) mass is 800 g/mol. The molecule has 0 saturated carbocycles. The van der Waals surface area contributed by atoms with E-state index < -0.39 is 26.5 Å². The first-order valence-corrected chi connectivity index (χ1v) is 24.3. The van der Waals surface area contributed by atoms with Crippen molar-refractivity contribution in [3.8, 4) is 0 Å². The fraction of sp³-hybridized carbons (Fsp3) is 0.867. The summed E-state index contributed by atoms with van der Waals surface area (Å²) in [6, 6.07) is 0. The maximum Gasteiger partial charge on any atom is 0.472 e. The molecule has 324 valence electrons. The summed E-state index contributed by atoms with van der Waals surface area (Å²) in [5.41, 5.74) is 0. The molecule has 0 spiro atoms. The topological polar surface area (TPSA) is 131 Å². The van der Waals surface area contributed by atoms with Crippen LogP contribution in [-0.4, -0.2) is 54.3 Å². The van der Waals surface area contributed by atoms with Crippen molar-refractivity contribution in [2.45, 2.75) is 225 Å². The van der Waals surface area contributed by atoms with Crippen LogP contribution in [0.3, 0.4) is 0 Å². The predicted molar refractivity (Wildman–Crippen MR) is 229 cm³/mol. The van der Waals surface area contributed by atoms with Gasteiger partial charge in [-0.15, -0.1) is 0 Å². The highest BCUT2D eigenvalue weighted by atomic mass is 31.2. The van der Waals surface area contributed by atoms with Crippen molar-refractivity contribution in [2.75, 3.05) is 26.4 Å². The largest absolute Gasteiger partial charge is 0.472 e. The van der Waals surface area contributed by atoms with Gasteiger partial charge < -0.3 is 20.1 Å². The van der Waals surface area contributed by atoms with Crippen molar-refractivity contribution in [3.05, 3.63) is 24.3 Å². The van der Waals surface area contributed by atoms with Crippen LogP contribution in [-0.2, 0) is 27.9 Å². The lowest BCUT2D eigenvalue weighted by Gasteiger charge is -2.15. The molecule has 0 aliphatic carbocycles. The van der Waals surface area contributed by atoms with Gasteiger partial charge in [0.25, 0.3) is 0 Å². The van der Waals surface area contributed by atoms with E-state index in [9.17, 15) is 24.2 Å². The minimum Gasteiger partial charge on any atom is -0.463 e. The molecular weight excluding hydrogens is 713 g/mol. The molecule has 3 N–H and O–H groups in total. The lowest BCUT2D eigenvalue weighted by atomic mass is 10.1. The summed E-state index contributed by atoms with van der Waals surface area (Å²) in [5, 5.41) is 12.7. The second-order valence-corrected chi connectivity index (χ2v) is 16.8. The zero-order chi connectivity index (χ0) is 40.3. The molecule has 10 heteroatoms. The fourth-order valence-corrected chi connectivity index (χ4v) is 7.13. The van der Waals surface area contributed by atoms with Crippen LogP contribution in [0.15, 0.2) is 24.3 Å². The lowest BCUT2D eigenvalue weighted by Crippen LogP contribution is -2.27. The number of amides is 1. The van der Waals surface area contributed by atoms with Gasteiger partial charge in [-0.3, -0.25) is 18.6 Å². The third kappa shape index (κ3) is 43.5. The van der Waals surface area contributed by atoms with Gasteiger partial charge in [-0.05, 0) is 64.2 Å². The maximum absolute atomic E-state index is 12.1. The van der Waals surface area contributed by atoms with Gasteiger partial charge in [-0.2, -0.15) is 0 Å². The van der Waals surface area contributed by atoms with Crippen LogP contribution in [0.5, 0.6) is 0 Å². The molecule has 0 aliphatic heterocycles. The zero-order valence-corrected chi connectivity index (χ0v) is 36.5. The Hall–Kier alpha value is -1.51. The average molecular weight is 800 g/mol. The van der Waals surface area contributed by atoms with Gasteiger partial charge in [0.2, 0.25) is 5.91 Å². The SMILES string of the molecule is CCCCCCCCC/C=C\CCCCCCCCCC(=O)NCCOP(=O)(O)OCC(O)COC(=O)CCCCCCC/C=C\CCCCCCCCC. The van der Waals surface area contributed by atoms with Gasteiger partial charge in [-0.25, -0.2) is 4.57 Å². The van der Waals surface area contributed by atoms with E-state index in [1.54, 1.807) is 0 Å². The van der Waals surface area contributed by atoms with Gasteiger partial charge in [-0.1, -0.05) is 167 Å². The van der Waals surface area contributed by atoms with Crippen LogP contribution in [0.2, 0.25) is 0 Å². The van der Waals surface area contributed by atoms with Gasteiger partial charge in [0.05, 0.1) is 13.2 Å². The second-order valence-electron chi connectivity index (χ2n) is 15.4. The Morgan fingerprint density at radius 3 is 1.36 bits per heavy atom. The summed E-state index contributed by atoms with van der Waals surface area (Å²) in [6.07, 6.45) is 45.3. The highest BCUT2D eigenvalue weighted by molar-refractivity contribution is 7.47. The van der Waals surface area contributed by atoms with Crippen molar-refractivity contribution < 1.29 is 37.9 Å².